The van der Waals surface area contributed by atoms with Crippen LogP contribution in [0.4, 0.5) is 13.2 Å². The molecule has 2 aromatic carbocycles. The number of ether oxygens (including phenoxy) is 1. The van der Waals surface area contributed by atoms with Crippen LogP contribution < -0.4 is 4.74 Å². The Balaban J connectivity index is 1.43. The van der Waals surface area contributed by atoms with Crippen LogP contribution in [0, 0.1) is 17.0 Å². The lowest BCUT2D eigenvalue weighted by atomic mass is 9.79. The largest absolute Gasteiger partial charge is 0.454 e. The Morgan fingerprint density at radius 1 is 1.09 bits per heavy atom. The van der Waals surface area contributed by atoms with Crippen molar-refractivity contribution in [3.63, 3.8) is 0 Å². The predicted octanol–water partition coefficient (Wildman–Crippen LogP) is 7.99. The van der Waals surface area contributed by atoms with Gasteiger partial charge in [-0.15, -0.1) is 0 Å². The molecule has 1 amide bonds. The van der Waals surface area contributed by atoms with Gasteiger partial charge in [-0.25, -0.2) is 18.2 Å². The van der Waals surface area contributed by atoms with E-state index >= 15 is 13.2 Å². The van der Waals surface area contributed by atoms with Crippen molar-refractivity contribution in [3.8, 4) is 5.75 Å². The number of amides is 1. The molecule has 2 aromatic heterocycles. The molecule has 230 valence electrons. The molecule has 4 bridgehead atoms. The summed E-state index contributed by atoms with van der Waals surface area (Å²) in [6.07, 6.45) is 7.75. The number of hydrogen-bond donors (Lipinski definition) is 2. The first-order valence-electron chi connectivity index (χ1n) is 15.2. The molecule has 2 N–H and O–H groups in total. The maximum absolute atomic E-state index is 15.5. The second-order valence-electron chi connectivity index (χ2n) is 12.6. The van der Waals surface area contributed by atoms with Gasteiger partial charge < -0.3 is 19.6 Å². The van der Waals surface area contributed by atoms with E-state index in [0.29, 0.717) is 41.1 Å². The summed E-state index contributed by atoms with van der Waals surface area (Å²) < 4.78 is 52.2. The highest BCUT2D eigenvalue weighted by Crippen LogP contribution is 2.39. The number of nitrogens with zero attached hydrogens (tertiary/aromatic N) is 2. The zero-order valence-corrected chi connectivity index (χ0v) is 25.2. The Morgan fingerprint density at radius 3 is 2.73 bits per heavy atom. The van der Waals surface area contributed by atoms with Crippen LogP contribution in [0.3, 0.4) is 0 Å². The minimum atomic E-state index is -1.36. The second-order valence-corrected chi connectivity index (χ2v) is 12.6. The van der Waals surface area contributed by atoms with Gasteiger partial charge in [0.2, 0.25) is 5.91 Å². The number of alkyl halides is 1. The van der Waals surface area contributed by atoms with E-state index in [2.05, 4.69) is 28.8 Å². The summed E-state index contributed by atoms with van der Waals surface area (Å²) in [5, 5.41) is 0.766. The number of carbonyl (C=O) groups excluding carboxylic acids is 1. The standard InChI is InChI=1S/C35H37F3N4O2/c1-35(2)14-12-23(22-6-4-5-7-27(22)36)31-20-40-34(41-31)26-18-21(8-10-28(26)37)44-33-25(9-11-32(43)42(3)17-15-35)24-13-16-39-30(24)19-29(33)38/h4-8,13,16,18-20,23,28,39H,9-12,14-15,17H2,1-3H3,(H,40,41). The van der Waals surface area contributed by atoms with Gasteiger partial charge in [0.25, 0.3) is 0 Å². The molecular weight excluding hydrogens is 565 g/mol. The van der Waals surface area contributed by atoms with Crippen LogP contribution in [-0.2, 0) is 11.2 Å². The fourth-order valence-corrected chi connectivity index (χ4v) is 6.21. The summed E-state index contributed by atoms with van der Waals surface area (Å²) in [5.74, 6) is -0.640. The van der Waals surface area contributed by atoms with E-state index in [0.717, 1.165) is 18.2 Å². The van der Waals surface area contributed by atoms with Crippen molar-refractivity contribution in [2.75, 3.05) is 13.6 Å². The van der Waals surface area contributed by atoms with Gasteiger partial charge in [0.15, 0.2) is 11.6 Å². The van der Waals surface area contributed by atoms with Gasteiger partial charge in [-0.1, -0.05) is 32.0 Å². The third kappa shape index (κ3) is 6.05. The van der Waals surface area contributed by atoms with Gasteiger partial charge in [0.05, 0.1) is 0 Å². The lowest BCUT2D eigenvalue weighted by molar-refractivity contribution is -0.130. The molecule has 2 unspecified atom stereocenters. The van der Waals surface area contributed by atoms with Crippen LogP contribution in [0.5, 0.6) is 5.75 Å². The molecule has 0 radical (unpaired) electrons. The summed E-state index contributed by atoms with van der Waals surface area (Å²) in [5.41, 5.74) is 2.53. The average molecular weight is 603 g/mol. The molecule has 0 fully saturated rings. The lowest BCUT2D eigenvalue weighted by Crippen LogP contribution is -2.31. The number of rotatable bonds is 1. The number of aromatic amines is 2. The first-order chi connectivity index (χ1) is 21.1. The van der Waals surface area contributed by atoms with Crippen molar-refractivity contribution in [1.82, 2.24) is 19.9 Å². The molecule has 1 aliphatic carbocycles. The number of allylic oxidation sites excluding steroid dienone is 3. The molecule has 0 spiro atoms. The van der Waals surface area contributed by atoms with E-state index in [9.17, 15) is 4.79 Å². The van der Waals surface area contributed by atoms with Crippen LogP contribution in [0.1, 0.15) is 74.5 Å². The fraction of sp³-hybridized carbons (Fsp3) is 0.371. The number of benzene rings is 2. The van der Waals surface area contributed by atoms with Crippen LogP contribution >= 0.6 is 0 Å². The highest BCUT2D eigenvalue weighted by Gasteiger charge is 2.29. The number of hydrogen-bond acceptors (Lipinski definition) is 3. The summed E-state index contributed by atoms with van der Waals surface area (Å²) >= 11 is 0. The zero-order valence-electron chi connectivity index (χ0n) is 25.2. The molecule has 2 atom stereocenters. The lowest BCUT2D eigenvalue weighted by Gasteiger charge is -2.29. The number of H-pyrrole nitrogens is 2. The molecule has 3 heterocycles. The molecule has 2 aliphatic rings. The fourth-order valence-electron chi connectivity index (χ4n) is 6.21. The van der Waals surface area contributed by atoms with Crippen LogP contribution in [-0.4, -0.2) is 45.5 Å². The number of imidazole rings is 1. The Labute approximate surface area is 255 Å². The molecule has 6 nitrogen and oxygen atoms in total. The molecule has 4 aromatic rings. The summed E-state index contributed by atoms with van der Waals surface area (Å²) in [6, 6.07) is 9.90. The van der Waals surface area contributed by atoms with Gasteiger partial charge in [0.1, 0.15) is 23.6 Å². The SMILES string of the molecule is CN1CCC(C)(C)CCC(c2ccccc2F)c2cnc([nH]2)C2=CC(=CCC2F)Oc2c(F)cc3[nH]ccc3c2CCC1=O. The molecule has 0 saturated carbocycles. The molecule has 6 rings (SSSR count). The number of fused-ring (bicyclic) bond motifs is 7. The molecule has 0 saturated heterocycles. The van der Waals surface area contributed by atoms with Crippen molar-refractivity contribution in [2.45, 2.75) is 64.5 Å². The van der Waals surface area contributed by atoms with Crippen molar-refractivity contribution in [3.05, 3.63) is 101 Å². The van der Waals surface area contributed by atoms with E-state index < -0.39 is 12.0 Å². The highest BCUT2D eigenvalue weighted by molar-refractivity contribution is 5.86. The number of carbonyl (C=O) groups is 1. The first-order valence-corrected chi connectivity index (χ1v) is 15.2. The molecular formula is C35H37F3N4O2. The molecule has 9 heteroatoms. The van der Waals surface area contributed by atoms with Crippen LogP contribution in [0.2, 0.25) is 0 Å². The Bertz CT molecular complexity index is 1750. The van der Waals surface area contributed by atoms with E-state index in [1.54, 1.807) is 42.6 Å². The van der Waals surface area contributed by atoms with E-state index in [-0.39, 0.29) is 59.4 Å². The zero-order chi connectivity index (χ0) is 31.0. The number of halogens is 3. The van der Waals surface area contributed by atoms with Crippen LogP contribution in [0.25, 0.3) is 16.5 Å². The Kier molecular flexibility index (Phi) is 8.14. The number of nitrogens with one attached hydrogen (secondary N) is 2. The minimum Gasteiger partial charge on any atom is -0.454 e. The third-order valence-electron chi connectivity index (χ3n) is 9.02. The average Bonchev–Trinajstić information content (AvgIpc) is 3.67. The van der Waals surface area contributed by atoms with Crippen molar-refractivity contribution in [2.24, 2.45) is 5.41 Å². The minimum absolute atomic E-state index is 0.0190. The van der Waals surface area contributed by atoms with Crippen LogP contribution in [0.15, 0.2) is 66.7 Å². The maximum atomic E-state index is 15.5. The normalized spacial score (nSPS) is 21.4. The van der Waals surface area contributed by atoms with Crippen molar-refractivity contribution < 1.29 is 22.7 Å². The molecule has 1 aliphatic heterocycles. The second kappa shape index (κ2) is 12.0. The summed E-state index contributed by atoms with van der Waals surface area (Å²) in [4.78, 5) is 25.8. The Morgan fingerprint density at radius 2 is 1.91 bits per heavy atom. The van der Waals surface area contributed by atoms with E-state index in [4.69, 9.17) is 4.74 Å². The quantitative estimate of drug-likeness (QED) is 0.232. The van der Waals surface area contributed by atoms with Gasteiger partial charge in [-0.2, -0.15) is 0 Å². The van der Waals surface area contributed by atoms with Gasteiger partial charge >= 0.3 is 0 Å². The topological polar surface area (TPSA) is 74.0 Å². The monoisotopic (exact) mass is 602 g/mol. The predicted molar refractivity (Wildman–Crippen MR) is 165 cm³/mol. The highest BCUT2D eigenvalue weighted by atomic mass is 19.1. The number of aromatic nitrogens is 3. The van der Waals surface area contributed by atoms with Gasteiger partial charge in [-0.05, 0) is 60.9 Å². The molecule has 44 heavy (non-hydrogen) atoms. The Hall–Kier alpha value is -4.27. The maximum Gasteiger partial charge on any atom is 0.222 e. The van der Waals surface area contributed by atoms with Gasteiger partial charge in [0, 0.05) is 78.5 Å². The number of aryl methyl sites for hydroxylation is 1. The smallest absolute Gasteiger partial charge is 0.222 e. The third-order valence-corrected chi connectivity index (χ3v) is 9.02. The summed E-state index contributed by atoms with van der Waals surface area (Å²) in [6.45, 7) is 4.85. The van der Waals surface area contributed by atoms with E-state index in [1.807, 2.05) is 12.1 Å². The van der Waals surface area contributed by atoms with Crippen molar-refractivity contribution in [1.29, 1.82) is 0 Å². The summed E-state index contributed by atoms with van der Waals surface area (Å²) in [7, 11) is 1.79. The first kappa shape index (κ1) is 29.8. The van der Waals surface area contributed by atoms with E-state index in [1.165, 1.54) is 18.2 Å². The van der Waals surface area contributed by atoms with Crippen molar-refractivity contribution >= 4 is 22.4 Å². The van der Waals surface area contributed by atoms with Gasteiger partial charge in [-0.3, -0.25) is 4.79 Å².